The van der Waals surface area contributed by atoms with E-state index in [9.17, 15) is 38.3 Å². The molecule has 3 fully saturated rings. The number of nitro groups is 1. The lowest BCUT2D eigenvalue weighted by molar-refractivity contribution is -0.385. The molecule has 4 aliphatic carbocycles. The van der Waals surface area contributed by atoms with Crippen molar-refractivity contribution in [3.63, 3.8) is 0 Å². The molecule has 12 heteroatoms. The monoisotopic (exact) mass is 759 g/mol. The van der Waals surface area contributed by atoms with Crippen molar-refractivity contribution in [3.8, 4) is 0 Å². The minimum atomic E-state index is -4.24. The first-order valence-corrected chi connectivity index (χ1v) is 21.0. The van der Waals surface area contributed by atoms with Crippen LogP contribution >= 0.6 is 0 Å². The van der Waals surface area contributed by atoms with Gasteiger partial charge in [0.1, 0.15) is 0 Å². The number of carboxylic acid groups (broad SMARTS) is 1. The Bertz CT molecular complexity index is 2090. The van der Waals surface area contributed by atoms with Crippen LogP contribution in [0.4, 0.5) is 5.69 Å². The van der Waals surface area contributed by atoms with Gasteiger partial charge in [-0.1, -0.05) is 56.7 Å². The number of hydrogen-bond acceptors (Lipinski definition) is 7. The van der Waals surface area contributed by atoms with Crippen molar-refractivity contribution in [1.82, 2.24) is 9.29 Å². The van der Waals surface area contributed by atoms with Crippen LogP contribution in [-0.4, -0.2) is 51.5 Å². The molecule has 3 aromatic rings. The zero-order valence-corrected chi connectivity index (χ0v) is 32.3. The van der Waals surface area contributed by atoms with Gasteiger partial charge in [-0.15, -0.1) is 0 Å². The predicted molar refractivity (Wildman–Crippen MR) is 205 cm³/mol. The lowest BCUT2D eigenvalue weighted by Gasteiger charge is -2.58. The largest absolute Gasteiger partial charge is 0.481 e. The van der Waals surface area contributed by atoms with Crippen molar-refractivity contribution in [3.05, 3.63) is 82.1 Å². The highest BCUT2D eigenvalue weighted by Gasteiger charge is 2.59. The zero-order chi connectivity index (χ0) is 38.6. The fourth-order valence-electron chi connectivity index (χ4n) is 11.6. The lowest BCUT2D eigenvalue weighted by atomic mass is 9.47. The van der Waals surface area contributed by atoms with Gasteiger partial charge in [-0.3, -0.25) is 19.7 Å². The molecule has 1 heterocycles. The van der Waals surface area contributed by atoms with E-state index >= 15 is 0 Å². The van der Waals surface area contributed by atoms with Crippen LogP contribution in [0.5, 0.6) is 0 Å². The van der Waals surface area contributed by atoms with Gasteiger partial charge in [-0.2, -0.15) is 0 Å². The molecule has 3 N–H and O–H groups in total. The third kappa shape index (κ3) is 6.89. The van der Waals surface area contributed by atoms with Crippen molar-refractivity contribution in [2.45, 2.75) is 115 Å². The average molecular weight is 760 g/mol. The number of non-ortho nitro benzene ring substituents is 1. The SMILES string of the molecule is C[C@H](CCC(=O)N[C@H](CC(=O)O)Cc1cn(S(=O)(=O)c2cccc([N+](=O)[O-])c2)c2ccccc12)[C@H]1CC[C@H]2[C@@H]3CC=C4C[C@@H](O)CC[C@]4(C)[C@H]3CC[C@]12C. The van der Waals surface area contributed by atoms with Crippen LogP contribution in [0.25, 0.3) is 10.9 Å². The molecule has 2 aromatic carbocycles. The molecule has 11 nitrogen and oxygen atoms in total. The second-order valence-electron chi connectivity index (χ2n) is 17.2. The molecule has 0 radical (unpaired) electrons. The maximum absolute atomic E-state index is 13.8. The van der Waals surface area contributed by atoms with Gasteiger partial charge >= 0.3 is 5.97 Å². The summed E-state index contributed by atoms with van der Waals surface area (Å²) in [5.41, 5.74) is 2.45. The molecular formula is C42H53N3O8S. The second kappa shape index (κ2) is 14.6. The van der Waals surface area contributed by atoms with Crippen LogP contribution in [0.15, 0.2) is 71.3 Å². The van der Waals surface area contributed by atoms with E-state index in [0.29, 0.717) is 52.5 Å². The molecule has 290 valence electrons. The Morgan fingerprint density at radius 3 is 2.59 bits per heavy atom. The van der Waals surface area contributed by atoms with Crippen LogP contribution < -0.4 is 5.32 Å². The number of allylic oxidation sites excluding steroid dienone is 1. The maximum atomic E-state index is 13.8. The number of aliphatic hydroxyl groups excluding tert-OH is 1. The number of aromatic nitrogens is 1. The highest BCUT2D eigenvalue weighted by molar-refractivity contribution is 7.90. The number of carbonyl (C=O) groups is 2. The van der Waals surface area contributed by atoms with Gasteiger partial charge in [0.15, 0.2) is 0 Å². The minimum Gasteiger partial charge on any atom is -0.481 e. The van der Waals surface area contributed by atoms with Crippen LogP contribution in [0, 0.1) is 50.5 Å². The highest BCUT2D eigenvalue weighted by atomic mass is 32.2. The molecule has 0 saturated heterocycles. The van der Waals surface area contributed by atoms with Gasteiger partial charge in [0.25, 0.3) is 15.7 Å². The summed E-state index contributed by atoms with van der Waals surface area (Å²) in [6.45, 7) is 7.22. The number of nitro benzene ring substituents is 1. The summed E-state index contributed by atoms with van der Waals surface area (Å²) in [7, 11) is -4.24. The van der Waals surface area contributed by atoms with Gasteiger partial charge in [0.05, 0.1) is 27.9 Å². The molecule has 3 saturated carbocycles. The predicted octanol–water partition coefficient (Wildman–Crippen LogP) is 7.64. The molecule has 54 heavy (non-hydrogen) atoms. The Kier molecular flexibility index (Phi) is 10.3. The molecule has 0 aliphatic heterocycles. The molecule has 1 aromatic heterocycles. The van der Waals surface area contributed by atoms with Crippen LogP contribution in [0.1, 0.15) is 97.0 Å². The summed E-state index contributed by atoms with van der Waals surface area (Å²) in [5, 5.41) is 35.1. The Balaban J connectivity index is 1.02. The second-order valence-corrected chi connectivity index (χ2v) is 19.0. The Hall–Kier alpha value is -4.03. The quantitative estimate of drug-likeness (QED) is 0.0962. The third-order valence-electron chi connectivity index (χ3n) is 14.3. The fourth-order valence-corrected chi connectivity index (χ4v) is 13.0. The smallest absolute Gasteiger partial charge is 0.305 e. The van der Waals surface area contributed by atoms with Crippen molar-refractivity contribution < 1.29 is 33.1 Å². The highest BCUT2D eigenvalue weighted by Crippen LogP contribution is 2.67. The zero-order valence-electron chi connectivity index (χ0n) is 31.4. The first-order valence-electron chi connectivity index (χ1n) is 19.6. The van der Waals surface area contributed by atoms with Crippen molar-refractivity contribution in [2.24, 2.45) is 40.4 Å². The Morgan fingerprint density at radius 2 is 1.83 bits per heavy atom. The number of benzene rings is 2. The number of fused-ring (bicyclic) bond motifs is 6. The van der Waals surface area contributed by atoms with Crippen molar-refractivity contribution in [1.29, 1.82) is 0 Å². The fraction of sp³-hybridized carbons (Fsp3) is 0.571. The molecule has 0 unspecified atom stereocenters. The maximum Gasteiger partial charge on any atom is 0.305 e. The number of rotatable bonds is 12. The Labute approximate surface area is 317 Å². The van der Waals surface area contributed by atoms with Gasteiger partial charge in [-0.25, -0.2) is 12.4 Å². The minimum absolute atomic E-state index is 0.0878. The molecule has 1 amide bonds. The summed E-state index contributed by atoms with van der Waals surface area (Å²) in [5.74, 6) is 1.53. The summed E-state index contributed by atoms with van der Waals surface area (Å²) < 4.78 is 28.6. The standard InChI is InChI=1S/C42H53N3O8S/c1-26(35-14-15-36-34-13-12-28-22-31(46)17-19-41(28,2)37(34)18-20-42(35,36)3)11-16-39(47)43-29(23-40(48)49)21-27-25-44(38-10-5-4-9-33(27)38)54(52,53)32-8-6-7-30(24-32)45(50)51/h4-10,12,24-26,29,31,34-37,46H,11,13-23H2,1-3H3,(H,43,47)(H,48,49)/t26-,29+,31+,34+,35-,36+,37+,41+,42-/m1/s1. The van der Waals surface area contributed by atoms with E-state index in [2.05, 4.69) is 32.2 Å². The number of carbonyl (C=O) groups excluding carboxylic acids is 1. The van der Waals surface area contributed by atoms with Gasteiger partial charge < -0.3 is 15.5 Å². The van der Waals surface area contributed by atoms with E-state index in [1.54, 1.807) is 24.3 Å². The first kappa shape index (κ1) is 38.3. The molecule has 9 atom stereocenters. The number of carboxylic acids is 1. The third-order valence-corrected chi connectivity index (χ3v) is 15.9. The number of aliphatic carboxylic acids is 1. The summed E-state index contributed by atoms with van der Waals surface area (Å²) in [6, 6.07) is 10.9. The normalized spacial score (nSPS) is 30.4. The number of hydrogen-bond donors (Lipinski definition) is 3. The number of aliphatic hydroxyl groups is 1. The number of amides is 1. The Morgan fingerprint density at radius 1 is 1.06 bits per heavy atom. The van der Waals surface area contributed by atoms with Crippen LogP contribution in [-0.2, 0) is 26.0 Å². The van der Waals surface area contributed by atoms with Gasteiger partial charge in [0.2, 0.25) is 5.91 Å². The molecule has 0 spiro atoms. The van der Waals surface area contributed by atoms with E-state index < -0.39 is 27.0 Å². The summed E-state index contributed by atoms with van der Waals surface area (Å²) in [6.07, 6.45) is 13.1. The summed E-state index contributed by atoms with van der Waals surface area (Å²) in [4.78, 5) is 36.0. The van der Waals surface area contributed by atoms with Crippen molar-refractivity contribution >= 4 is 38.5 Å². The number of para-hydroxylation sites is 1. The topological polar surface area (TPSA) is 169 Å². The first-order chi connectivity index (χ1) is 25.6. The van der Waals surface area contributed by atoms with Crippen LogP contribution in [0.3, 0.4) is 0 Å². The molecule has 7 rings (SSSR count). The molecule has 4 aliphatic rings. The van der Waals surface area contributed by atoms with E-state index in [1.165, 1.54) is 49.2 Å². The molecular weight excluding hydrogens is 707 g/mol. The van der Waals surface area contributed by atoms with E-state index in [0.717, 1.165) is 42.1 Å². The molecule has 0 bridgehead atoms. The van der Waals surface area contributed by atoms with Gasteiger partial charge in [0, 0.05) is 36.2 Å². The van der Waals surface area contributed by atoms with E-state index in [4.69, 9.17) is 0 Å². The summed E-state index contributed by atoms with van der Waals surface area (Å²) >= 11 is 0. The van der Waals surface area contributed by atoms with Gasteiger partial charge in [-0.05, 0) is 122 Å². The number of nitrogens with one attached hydrogen (secondary N) is 1. The van der Waals surface area contributed by atoms with E-state index in [-0.39, 0.29) is 52.7 Å². The van der Waals surface area contributed by atoms with E-state index in [1.807, 2.05) is 0 Å². The van der Waals surface area contributed by atoms with Crippen LogP contribution in [0.2, 0.25) is 0 Å². The lowest BCUT2D eigenvalue weighted by Crippen LogP contribution is -2.50. The van der Waals surface area contributed by atoms with Crippen molar-refractivity contribution in [2.75, 3.05) is 0 Å². The number of nitrogens with zero attached hydrogens (tertiary/aromatic N) is 2. The average Bonchev–Trinajstić information content (AvgIpc) is 3.69.